The third kappa shape index (κ3) is 6.30. The van der Waals surface area contributed by atoms with Crippen LogP contribution in [0.15, 0.2) is 60.7 Å². The number of rotatable bonds is 7. The lowest BCUT2D eigenvalue weighted by Crippen LogP contribution is -2.42. The van der Waals surface area contributed by atoms with E-state index in [1.165, 1.54) is 31.5 Å². The summed E-state index contributed by atoms with van der Waals surface area (Å²) < 4.78 is 0. The Kier molecular flexibility index (Phi) is 7.73. The minimum atomic E-state index is -0.0217. The molecule has 0 bridgehead atoms. The third-order valence-corrected chi connectivity index (χ3v) is 6.49. The fourth-order valence-electron chi connectivity index (χ4n) is 4.49. The number of piperidine rings is 1. The first-order valence-corrected chi connectivity index (χ1v) is 11.8. The molecule has 2 aliphatic heterocycles. The Morgan fingerprint density at radius 1 is 0.875 bits per heavy atom. The third-order valence-electron chi connectivity index (χ3n) is 6.49. The van der Waals surface area contributed by atoms with Crippen LogP contribution < -0.4 is 5.32 Å². The maximum absolute atomic E-state index is 12.6. The molecular weight excluding hydrogens is 398 g/mol. The topological polar surface area (TPSA) is 52.7 Å². The van der Waals surface area contributed by atoms with Gasteiger partial charge in [-0.25, -0.2) is 0 Å². The van der Waals surface area contributed by atoms with Gasteiger partial charge in [-0.1, -0.05) is 54.6 Å². The van der Waals surface area contributed by atoms with Gasteiger partial charge >= 0.3 is 0 Å². The lowest BCUT2D eigenvalue weighted by atomic mass is 9.95. The fourth-order valence-corrected chi connectivity index (χ4v) is 4.49. The zero-order valence-electron chi connectivity index (χ0n) is 18.7. The monoisotopic (exact) mass is 431 g/mol. The normalized spacial score (nSPS) is 17.7. The van der Waals surface area contributed by atoms with Gasteiger partial charge in [0.1, 0.15) is 0 Å². The largest absolute Gasteiger partial charge is 0.352 e. The second-order valence-corrected chi connectivity index (χ2v) is 8.86. The number of nitrogens with one attached hydrogen (secondary N) is 1. The Hall–Kier alpha value is -2.92. The first-order valence-electron chi connectivity index (χ1n) is 11.8. The maximum atomic E-state index is 12.6. The molecule has 2 aliphatic rings. The summed E-state index contributed by atoms with van der Waals surface area (Å²) in [7, 11) is 0. The summed E-state index contributed by atoms with van der Waals surface area (Å²) in [5.74, 6) is 0.0893. The molecule has 0 saturated carbocycles. The number of hydrogen-bond donors (Lipinski definition) is 1. The van der Waals surface area contributed by atoms with Crippen molar-refractivity contribution < 1.29 is 9.59 Å². The summed E-state index contributed by atoms with van der Waals surface area (Å²) in [5.41, 5.74) is 3.47. The fraction of sp³-hybridized carbons (Fsp3) is 0.407. The van der Waals surface area contributed by atoms with E-state index in [1.807, 2.05) is 41.3 Å². The number of amides is 2. The van der Waals surface area contributed by atoms with Crippen LogP contribution in [0.5, 0.6) is 0 Å². The highest BCUT2D eigenvalue weighted by Gasteiger charge is 2.26. The zero-order valence-corrected chi connectivity index (χ0v) is 18.7. The average molecular weight is 432 g/mol. The van der Waals surface area contributed by atoms with Crippen molar-refractivity contribution in [3.8, 4) is 0 Å². The van der Waals surface area contributed by atoms with Crippen LogP contribution in [0.1, 0.15) is 42.4 Å². The number of nitrogens with zero attached hydrogens (tertiary/aromatic N) is 2. The summed E-state index contributed by atoms with van der Waals surface area (Å²) >= 11 is 0. The van der Waals surface area contributed by atoms with Gasteiger partial charge in [0, 0.05) is 38.2 Å². The first-order chi connectivity index (χ1) is 15.7. The van der Waals surface area contributed by atoms with E-state index in [4.69, 9.17) is 0 Å². The van der Waals surface area contributed by atoms with Gasteiger partial charge in [0.25, 0.3) is 0 Å². The first kappa shape index (κ1) is 22.3. The molecule has 2 aromatic rings. The molecule has 4 rings (SSSR count). The van der Waals surface area contributed by atoms with E-state index < -0.39 is 0 Å². The molecule has 2 aromatic carbocycles. The van der Waals surface area contributed by atoms with E-state index >= 15 is 0 Å². The number of carbonyl (C=O) groups excluding carboxylic acids is 2. The van der Waals surface area contributed by atoms with Gasteiger partial charge < -0.3 is 10.2 Å². The molecular formula is C27H33N3O2. The van der Waals surface area contributed by atoms with Gasteiger partial charge in [-0.2, -0.15) is 0 Å². The predicted molar refractivity (Wildman–Crippen MR) is 128 cm³/mol. The van der Waals surface area contributed by atoms with Gasteiger partial charge in [-0.15, -0.1) is 0 Å². The molecule has 1 N–H and O–H groups in total. The minimum absolute atomic E-state index is 0.0155. The van der Waals surface area contributed by atoms with Crippen LogP contribution in [0.3, 0.4) is 0 Å². The van der Waals surface area contributed by atoms with Crippen molar-refractivity contribution in [3.63, 3.8) is 0 Å². The number of carbonyl (C=O) groups is 2. The van der Waals surface area contributed by atoms with Crippen LogP contribution in [0.2, 0.25) is 0 Å². The highest BCUT2D eigenvalue weighted by Crippen LogP contribution is 2.19. The second kappa shape index (κ2) is 11.1. The second-order valence-electron chi connectivity index (χ2n) is 8.86. The molecule has 0 unspecified atom stereocenters. The quantitative estimate of drug-likeness (QED) is 0.678. The molecule has 2 fully saturated rings. The molecule has 0 atom stereocenters. The van der Waals surface area contributed by atoms with Crippen molar-refractivity contribution in [3.05, 3.63) is 77.4 Å². The molecule has 5 heteroatoms. The average Bonchev–Trinajstić information content (AvgIpc) is 3.36. The molecule has 0 spiro atoms. The Balaban J connectivity index is 1.18. The van der Waals surface area contributed by atoms with E-state index in [1.54, 1.807) is 6.08 Å². The Bertz CT molecular complexity index is 910. The highest BCUT2D eigenvalue weighted by atomic mass is 16.2. The van der Waals surface area contributed by atoms with Crippen LogP contribution in [0, 0.1) is 5.92 Å². The maximum Gasteiger partial charge on any atom is 0.246 e. The molecule has 168 valence electrons. The van der Waals surface area contributed by atoms with Crippen LogP contribution in [-0.4, -0.2) is 47.8 Å². The summed E-state index contributed by atoms with van der Waals surface area (Å²) in [5, 5.41) is 3.09. The molecule has 2 heterocycles. The molecule has 32 heavy (non-hydrogen) atoms. The van der Waals surface area contributed by atoms with Crippen LogP contribution in [0.25, 0.3) is 6.08 Å². The van der Waals surface area contributed by atoms with E-state index in [9.17, 15) is 9.59 Å². The number of hydrogen-bond acceptors (Lipinski definition) is 3. The van der Waals surface area contributed by atoms with Crippen molar-refractivity contribution in [2.45, 2.75) is 38.8 Å². The standard InChI is InChI=1S/C27H33N3O2/c31-26(13-12-22-6-2-1-3-7-22)30-18-14-25(15-19-30)27(32)28-20-23-8-10-24(11-9-23)21-29-16-4-5-17-29/h1-3,6-13,25H,4-5,14-21H2,(H,28,32)/b13-12+. The lowest BCUT2D eigenvalue weighted by molar-refractivity contribution is -0.132. The SMILES string of the molecule is O=C(NCc1ccc(CN2CCCC2)cc1)C1CCN(C(=O)/C=C/c2ccccc2)CC1. The molecule has 5 nitrogen and oxygen atoms in total. The Labute approximate surface area is 191 Å². The zero-order chi connectivity index (χ0) is 22.2. The molecule has 0 aromatic heterocycles. The van der Waals surface area contributed by atoms with Crippen LogP contribution >= 0.6 is 0 Å². The molecule has 2 saturated heterocycles. The van der Waals surface area contributed by atoms with Gasteiger partial charge in [-0.3, -0.25) is 14.5 Å². The summed E-state index contributed by atoms with van der Waals surface area (Å²) in [6.45, 7) is 5.23. The lowest BCUT2D eigenvalue weighted by Gasteiger charge is -2.30. The van der Waals surface area contributed by atoms with Gasteiger partial charge in [-0.05, 0) is 61.5 Å². The smallest absolute Gasteiger partial charge is 0.246 e. The van der Waals surface area contributed by atoms with Crippen molar-refractivity contribution >= 4 is 17.9 Å². The number of benzene rings is 2. The van der Waals surface area contributed by atoms with Crippen molar-refractivity contribution in [1.29, 1.82) is 0 Å². The Morgan fingerprint density at radius 3 is 2.22 bits per heavy atom. The number of likely N-dealkylation sites (tertiary alicyclic amines) is 2. The van der Waals surface area contributed by atoms with E-state index in [0.29, 0.717) is 32.5 Å². The minimum Gasteiger partial charge on any atom is -0.352 e. The Morgan fingerprint density at radius 2 is 1.53 bits per heavy atom. The predicted octanol–water partition coefficient (Wildman–Crippen LogP) is 3.85. The molecule has 0 aliphatic carbocycles. The van der Waals surface area contributed by atoms with Crippen LogP contribution in [0.4, 0.5) is 0 Å². The van der Waals surface area contributed by atoms with Crippen molar-refractivity contribution in [2.75, 3.05) is 26.2 Å². The summed E-state index contributed by atoms with van der Waals surface area (Å²) in [6.07, 6.45) is 7.51. The van der Waals surface area contributed by atoms with Crippen LogP contribution in [-0.2, 0) is 22.7 Å². The van der Waals surface area contributed by atoms with Gasteiger partial charge in [0.05, 0.1) is 0 Å². The van der Waals surface area contributed by atoms with Gasteiger partial charge in [0.15, 0.2) is 0 Å². The van der Waals surface area contributed by atoms with Gasteiger partial charge in [0.2, 0.25) is 11.8 Å². The summed E-state index contributed by atoms with van der Waals surface area (Å²) in [4.78, 5) is 29.4. The molecule has 2 amide bonds. The summed E-state index contributed by atoms with van der Waals surface area (Å²) in [6, 6.07) is 18.4. The molecule has 0 radical (unpaired) electrons. The van der Waals surface area contributed by atoms with Crippen molar-refractivity contribution in [1.82, 2.24) is 15.1 Å². The van der Waals surface area contributed by atoms with E-state index in [0.717, 1.165) is 17.7 Å². The van der Waals surface area contributed by atoms with E-state index in [2.05, 4.69) is 34.5 Å². The van der Waals surface area contributed by atoms with E-state index in [-0.39, 0.29) is 17.7 Å². The highest BCUT2D eigenvalue weighted by molar-refractivity contribution is 5.92. The van der Waals surface area contributed by atoms with Crippen molar-refractivity contribution in [2.24, 2.45) is 5.92 Å².